The third-order valence-electron chi connectivity index (χ3n) is 1.24. The average molecular weight is 144 g/mol. The molecule has 0 radical (unpaired) electrons. The van der Waals surface area contributed by atoms with E-state index in [1.165, 1.54) is 0 Å². The molecule has 0 spiro atoms. The van der Waals surface area contributed by atoms with Crippen molar-refractivity contribution in [1.29, 1.82) is 0 Å². The van der Waals surface area contributed by atoms with Crippen molar-refractivity contribution in [1.82, 2.24) is 0 Å². The average Bonchev–Trinajstić information content (AvgIpc) is 2.13. The molecule has 50 valence electrons. The molecule has 1 aliphatic carbocycles. The predicted octanol–water partition coefficient (Wildman–Crippen LogP) is 1.02. The van der Waals surface area contributed by atoms with Crippen LogP contribution in [-0.2, 0) is 0 Å². The lowest BCUT2D eigenvalue weighted by molar-refractivity contribution is 0.101. The first-order chi connectivity index (χ1) is 3.17. The fraction of sp³-hybridized carbons (Fsp3) is 1.00. The van der Waals surface area contributed by atoms with Gasteiger partial charge in [0.05, 0.1) is 0 Å². The highest BCUT2D eigenvalue weighted by molar-refractivity contribution is 5.85. The van der Waals surface area contributed by atoms with E-state index in [1.54, 1.807) is 0 Å². The minimum atomic E-state index is -2.41. The molecule has 0 unspecified atom stereocenters. The summed E-state index contributed by atoms with van der Waals surface area (Å²) in [4.78, 5) is 0. The summed E-state index contributed by atoms with van der Waals surface area (Å²) in [7, 11) is 0. The van der Waals surface area contributed by atoms with Crippen molar-refractivity contribution in [3.05, 3.63) is 0 Å². The van der Waals surface area contributed by atoms with Crippen LogP contribution < -0.4 is 5.73 Å². The van der Waals surface area contributed by atoms with Gasteiger partial charge >= 0.3 is 0 Å². The zero-order valence-electron chi connectivity index (χ0n) is 4.23. The first-order valence-corrected chi connectivity index (χ1v) is 2.24. The molecule has 0 aromatic carbocycles. The topological polar surface area (TPSA) is 26.0 Å². The molecule has 1 rings (SSSR count). The van der Waals surface area contributed by atoms with Crippen molar-refractivity contribution in [3.63, 3.8) is 0 Å². The lowest BCUT2D eigenvalue weighted by Gasteiger charge is -1.87. The van der Waals surface area contributed by atoms with Gasteiger partial charge in [0.1, 0.15) is 0 Å². The molecule has 1 fully saturated rings. The number of hydrogen-bond donors (Lipinski definition) is 1. The first-order valence-electron chi connectivity index (χ1n) is 2.24. The van der Waals surface area contributed by atoms with Crippen molar-refractivity contribution in [2.45, 2.75) is 12.3 Å². The van der Waals surface area contributed by atoms with Gasteiger partial charge in [-0.25, -0.2) is 8.78 Å². The second-order valence-corrected chi connectivity index (χ2v) is 1.90. The summed E-state index contributed by atoms with van der Waals surface area (Å²) in [6, 6.07) is 0. The van der Waals surface area contributed by atoms with Crippen LogP contribution in [0.4, 0.5) is 8.78 Å². The SMILES string of the molecule is Cl.NC[C@H]1CC1(F)F. The van der Waals surface area contributed by atoms with Crippen LogP contribution in [0.1, 0.15) is 6.42 Å². The predicted molar refractivity (Wildman–Crippen MR) is 29.4 cm³/mol. The maximum absolute atomic E-state index is 11.7. The van der Waals surface area contributed by atoms with Gasteiger partial charge < -0.3 is 5.73 Å². The van der Waals surface area contributed by atoms with Gasteiger partial charge in [-0.1, -0.05) is 0 Å². The van der Waals surface area contributed by atoms with Gasteiger partial charge in [0.2, 0.25) is 0 Å². The maximum Gasteiger partial charge on any atom is 0.252 e. The van der Waals surface area contributed by atoms with E-state index in [9.17, 15) is 8.78 Å². The minimum Gasteiger partial charge on any atom is -0.330 e. The third kappa shape index (κ3) is 1.29. The quantitative estimate of drug-likeness (QED) is 0.583. The van der Waals surface area contributed by atoms with E-state index < -0.39 is 11.8 Å². The highest BCUT2D eigenvalue weighted by Crippen LogP contribution is 2.47. The molecular formula is C4H8ClF2N. The lowest BCUT2D eigenvalue weighted by Crippen LogP contribution is -2.06. The Morgan fingerprint density at radius 1 is 1.62 bits per heavy atom. The fourth-order valence-corrected chi connectivity index (χ4v) is 0.525. The third-order valence-corrected chi connectivity index (χ3v) is 1.24. The Balaban J connectivity index is 0.000000490. The maximum atomic E-state index is 11.7. The molecule has 1 saturated carbocycles. The zero-order chi connectivity index (χ0) is 5.49. The number of alkyl halides is 2. The van der Waals surface area contributed by atoms with Gasteiger partial charge in [0.25, 0.3) is 5.92 Å². The molecule has 0 aromatic heterocycles. The Labute approximate surface area is 52.7 Å². The standard InChI is InChI=1S/C4H7F2N.ClH/c5-4(6)1-3(4)2-7;/h3H,1-2,7H2;1H/t3-;/m1./s1. The fourth-order valence-electron chi connectivity index (χ4n) is 0.525. The van der Waals surface area contributed by atoms with Crippen LogP contribution in [-0.4, -0.2) is 12.5 Å². The Hall–Kier alpha value is 0.110. The van der Waals surface area contributed by atoms with Crippen LogP contribution in [0, 0.1) is 5.92 Å². The summed E-state index contributed by atoms with van der Waals surface area (Å²) in [5, 5.41) is 0. The van der Waals surface area contributed by atoms with Crippen LogP contribution in [0.15, 0.2) is 0 Å². The number of rotatable bonds is 1. The van der Waals surface area contributed by atoms with Gasteiger partial charge in [-0.3, -0.25) is 0 Å². The number of nitrogens with two attached hydrogens (primary N) is 1. The summed E-state index contributed by atoms with van der Waals surface area (Å²) in [6.07, 6.45) is 0.00347. The molecule has 1 atom stereocenters. The van der Waals surface area contributed by atoms with Gasteiger partial charge in [0, 0.05) is 18.9 Å². The second kappa shape index (κ2) is 2.15. The molecular weight excluding hydrogens is 136 g/mol. The van der Waals surface area contributed by atoms with E-state index >= 15 is 0 Å². The van der Waals surface area contributed by atoms with E-state index in [4.69, 9.17) is 5.73 Å². The number of hydrogen-bond acceptors (Lipinski definition) is 1. The van der Waals surface area contributed by atoms with Crippen LogP contribution in [0.5, 0.6) is 0 Å². The molecule has 0 saturated heterocycles. The van der Waals surface area contributed by atoms with Gasteiger partial charge in [0.15, 0.2) is 0 Å². The van der Waals surface area contributed by atoms with E-state index in [-0.39, 0.29) is 25.4 Å². The largest absolute Gasteiger partial charge is 0.330 e. The van der Waals surface area contributed by atoms with Crippen molar-refractivity contribution in [2.75, 3.05) is 6.54 Å². The highest BCUT2D eigenvalue weighted by Gasteiger charge is 2.55. The lowest BCUT2D eigenvalue weighted by atomic mass is 10.4. The molecule has 0 heterocycles. The van der Waals surface area contributed by atoms with Gasteiger partial charge in [-0.2, -0.15) is 0 Å². The summed E-state index contributed by atoms with van der Waals surface area (Å²) < 4.78 is 23.4. The van der Waals surface area contributed by atoms with Crippen molar-refractivity contribution in [3.8, 4) is 0 Å². The van der Waals surface area contributed by atoms with Crippen LogP contribution in [0.2, 0.25) is 0 Å². The molecule has 1 aliphatic rings. The Morgan fingerprint density at radius 2 is 2.00 bits per heavy atom. The molecule has 0 amide bonds. The minimum absolute atomic E-state index is 0. The molecule has 0 aliphatic heterocycles. The van der Waals surface area contributed by atoms with Crippen molar-refractivity contribution >= 4 is 12.4 Å². The van der Waals surface area contributed by atoms with Crippen molar-refractivity contribution in [2.24, 2.45) is 11.7 Å². The van der Waals surface area contributed by atoms with Gasteiger partial charge in [-0.05, 0) is 0 Å². The Bertz CT molecular complexity index is 86.1. The summed E-state index contributed by atoms with van der Waals surface area (Å²) in [5.41, 5.74) is 4.93. The van der Waals surface area contributed by atoms with E-state index in [0.29, 0.717) is 0 Å². The second-order valence-electron chi connectivity index (χ2n) is 1.90. The molecule has 4 heteroatoms. The van der Waals surface area contributed by atoms with Crippen LogP contribution >= 0.6 is 12.4 Å². The van der Waals surface area contributed by atoms with Crippen molar-refractivity contribution < 1.29 is 8.78 Å². The summed E-state index contributed by atoms with van der Waals surface area (Å²) in [6.45, 7) is 0.132. The smallest absolute Gasteiger partial charge is 0.252 e. The first kappa shape index (κ1) is 8.11. The van der Waals surface area contributed by atoms with E-state index in [2.05, 4.69) is 0 Å². The van der Waals surface area contributed by atoms with Crippen LogP contribution in [0.25, 0.3) is 0 Å². The summed E-state index contributed by atoms with van der Waals surface area (Å²) in [5.74, 6) is -2.91. The molecule has 8 heavy (non-hydrogen) atoms. The molecule has 1 nitrogen and oxygen atoms in total. The zero-order valence-corrected chi connectivity index (χ0v) is 5.05. The summed E-state index contributed by atoms with van der Waals surface area (Å²) >= 11 is 0. The highest BCUT2D eigenvalue weighted by atomic mass is 35.5. The van der Waals surface area contributed by atoms with Gasteiger partial charge in [-0.15, -0.1) is 12.4 Å². The number of halogens is 3. The molecule has 0 aromatic rings. The van der Waals surface area contributed by atoms with Crippen LogP contribution in [0.3, 0.4) is 0 Å². The normalized spacial score (nSPS) is 31.1. The molecule has 0 bridgehead atoms. The van der Waals surface area contributed by atoms with E-state index in [0.717, 1.165) is 0 Å². The monoisotopic (exact) mass is 143 g/mol. The Kier molecular flexibility index (Phi) is 2.18. The molecule has 2 N–H and O–H groups in total. The van der Waals surface area contributed by atoms with E-state index in [1.807, 2.05) is 0 Å². The Morgan fingerprint density at radius 3 is 2.00 bits per heavy atom.